The van der Waals surface area contributed by atoms with E-state index in [0.29, 0.717) is 17.5 Å². The molecule has 1 amide bonds. The lowest BCUT2D eigenvalue weighted by molar-refractivity contribution is -0.118. The second-order valence-corrected chi connectivity index (χ2v) is 7.29. The summed E-state index contributed by atoms with van der Waals surface area (Å²) >= 11 is 1.37. The number of rotatable bonds is 9. The maximum absolute atomic E-state index is 12.1. The van der Waals surface area contributed by atoms with Gasteiger partial charge in [0.2, 0.25) is 5.91 Å². The summed E-state index contributed by atoms with van der Waals surface area (Å²) in [5.41, 5.74) is 1.21. The second kappa shape index (κ2) is 9.94. The number of carbonyl (C=O) groups is 1. The number of para-hydroxylation sites is 1. The van der Waals surface area contributed by atoms with Gasteiger partial charge in [-0.05, 0) is 31.0 Å². The maximum Gasteiger partial charge on any atom is 0.230 e. The SMILES string of the molecule is CC(Oc1ccccc1)c1nnc(SCC(=O)NCCc2ccccc2)n1C. The molecule has 1 aromatic heterocycles. The van der Waals surface area contributed by atoms with Gasteiger partial charge in [0.05, 0.1) is 5.75 Å². The zero-order chi connectivity index (χ0) is 19.8. The molecule has 7 heteroatoms. The van der Waals surface area contributed by atoms with Crippen LogP contribution in [0.5, 0.6) is 5.75 Å². The summed E-state index contributed by atoms with van der Waals surface area (Å²) in [6.45, 7) is 2.55. The van der Waals surface area contributed by atoms with Crippen molar-refractivity contribution in [2.45, 2.75) is 24.6 Å². The summed E-state index contributed by atoms with van der Waals surface area (Å²) in [5, 5.41) is 12.1. The number of hydrogen-bond acceptors (Lipinski definition) is 5. The van der Waals surface area contributed by atoms with Crippen LogP contribution in [0, 0.1) is 0 Å². The monoisotopic (exact) mass is 396 g/mol. The van der Waals surface area contributed by atoms with Crippen LogP contribution in [0.4, 0.5) is 0 Å². The van der Waals surface area contributed by atoms with E-state index >= 15 is 0 Å². The van der Waals surface area contributed by atoms with Gasteiger partial charge in [-0.2, -0.15) is 0 Å². The van der Waals surface area contributed by atoms with Crippen molar-refractivity contribution in [3.63, 3.8) is 0 Å². The van der Waals surface area contributed by atoms with Crippen LogP contribution in [-0.2, 0) is 18.3 Å². The quantitative estimate of drug-likeness (QED) is 0.562. The van der Waals surface area contributed by atoms with Gasteiger partial charge in [-0.1, -0.05) is 60.3 Å². The van der Waals surface area contributed by atoms with Crippen LogP contribution in [0.1, 0.15) is 24.4 Å². The van der Waals surface area contributed by atoms with Crippen LogP contribution in [0.25, 0.3) is 0 Å². The number of nitrogens with zero attached hydrogens (tertiary/aromatic N) is 3. The highest BCUT2D eigenvalue weighted by molar-refractivity contribution is 7.99. The Hall–Kier alpha value is -2.80. The molecule has 2 aromatic carbocycles. The number of hydrogen-bond donors (Lipinski definition) is 1. The van der Waals surface area contributed by atoms with E-state index in [2.05, 4.69) is 27.6 Å². The highest BCUT2D eigenvalue weighted by Gasteiger charge is 2.18. The molecule has 3 rings (SSSR count). The Morgan fingerprint density at radius 3 is 2.50 bits per heavy atom. The molecule has 0 saturated heterocycles. The summed E-state index contributed by atoms with van der Waals surface area (Å²) in [4.78, 5) is 12.1. The summed E-state index contributed by atoms with van der Waals surface area (Å²) in [7, 11) is 1.88. The van der Waals surface area contributed by atoms with E-state index in [1.807, 2.05) is 67.1 Å². The van der Waals surface area contributed by atoms with E-state index in [1.165, 1.54) is 17.3 Å². The summed E-state index contributed by atoms with van der Waals surface area (Å²) in [6.07, 6.45) is 0.577. The molecule has 3 aromatic rings. The normalized spacial score (nSPS) is 11.8. The van der Waals surface area contributed by atoms with Crippen molar-refractivity contribution in [3.05, 3.63) is 72.1 Å². The second-order valence-electron chi connectivity index (χ2n) is 6.35. The largest absolute Gasteiger partial charge is 0.483 e. The van der Waals surface area contributed by atoms with Gasteiger partial charge in [0.15, 0.2) is 17.1 Å². The molecule has 0 aliphatic heterocycles. The van der Waals surface area contributed by atoms with E-state index in [1.54, 1.807) is 0 Å². The maximum atomic E-state index is 12.1. The van der Waals surface area contributed by atoms with Crippen LogP contribution >= 0.6 is 11.8 Å². The van der Waals surface area contributed by atoms with Crippen LogP contribution in [-0.4, -0.2) is 33.0 Å². The van der Waals surface area contributed by atoms with Gasteiger partial charge in [0, 0.05) is 13.6 Å². The number of amides is 1. The number of carbonyl (C=O) groups excluding carboxylic acids is 1. The summed E-state index contributed by atoms with van der Waals surface area (Å²) in [6, 6.07) is 19.7. The first-order chi connectivity index (χ1) is 13.6. The van der Waals surface area contributed by atoms with E-state index in [0.717, 1.165) is 18.0 Å². The smallest absolute Gasteiger partial charge is 0.230 e. The molecular formula is C21H24N4O2S. The van der Waals surface area contributed by atoms with Crippen LogP contribution in [0.3, 0.4) is 0 Å². The number of ether oxygens (including phenoxy) is 1. The lowest BCUT2D eigenvalue weighted by Crippen LogP contribution is -2.27. The minimum Gasteiger partial charge on any atom is -0.483 e. The van der Waals surface area contributed by atoms with Crippen molar-refractivity contribution in [3.8, 4) is 5.75 Å². The Morgan fingerprint density at radius 1 is 1.11 bits per heavy atom. The van der Waals surface area contributed by atoms with Gasteiger partial charge in [-0.15, -0.1) is 10.2 Å². The predicted octanol–water partition coefficient (Wildman–Crippen LogP) is 3.41. The third-order valence-electron chi connectivity index (χ3n) is 4.20. The van der Waals surface area contributed by atoms with Gasteiger partial charge >= 0.3 is 0 Å². The zero-order valence-electron chi connectivity index (χ0n) is 16.0. The lowest BCUT2D eigenvalue weighted by atomic mass is 10.1. The Bertz CT molecular complexity index is 884. The summed E-state index contributed by atoms with van der Waals surface area (Å²) in [5.74, 6) is 1.79. The molecule has 1 heterocycles. The van der Waals surface area contributed by atoms with Crippen molar-refractivity contribution >= 4 is 17.7 Å². The molecule has 0 aliphatic carbocycles. The minimum atomic E-state index is -0.242. The molecule has 0 fully saturated rings. The third-order valence-corrected chi connectivity index (χ3v) is 5.22. The molecular weight excluding hydrogens is 372 g/mol. The molecule has 0 bridgehead atoms. The Balaban J connectivity index is 1.46. The number of thioether (sulfide) groups is 1. The third kappa shape index (κ3) is 5.60. The van der Waals surface area contributed by atoms with E-state index < -0.39 is 0 Å². The van der Waals surface area contributed by atoms with Crippen molar-refractivity contribution in [1.29, 1.82) is 0 Å². The predicted molar refractivity (Wildman–Crippen MR) is 110 cm³/mol. The molecule has 0 radical (unpaired) electrons. The first kappa shape index (κ1) is 19.9. The van der Waals surface area contributed by atoms with Gasteiger partial charge < -0.3 is 14.6 Å². The standard InChI is InChI=1S/C21H24N4O2S/c1-16(27-18-11-7-4-8-12-18)20-23-24-21(25(20)2)28-15-19(26)22-14-13-17-9-5-3-6-10-17/h3-12,16H,13-15H2,1-2H3,(H,22,26). The van der Waals surface area contributed by atoms with Gasteiger partial charge in [0.1, 0.15) is 5.75 Å². The minimum absolute atomic E-state index is 0.0148. The van der Waals surface area contributed by atoms with Crippen LogP contribution in [0.15, 0.2) is 65.8 Å². The average molecular weight is 397 g/mol. The van der Waals surface area contributed by atoms with Crippen LogP contribution < -0.4 is 10.1 Å². The fourth-order valence-corrected chi connectivity index (χ4v) is 3.48. The van der Waals surface area contributed by atoms with Crippen LogP contribution in [0.2, 0.25) is 0 Å². The molecule has 6 nitrogen and oxygen atoms in total. The molecule has 0 spiro atoms. The molecule has 0 saturated carbocycles. The lowest BCUT2D eigenvalue weighted by Gasteiger charge is -2.14. The van der Waals surface area contributed by atoms with Gasteiger partial charge in [0.25, 0.3) is 0 Å². The molecule has 1 atom stereocenters. The molecule has 1 N–H and O–H groups in total. The molecule has 0 aliphatic rings. The zero-order valence-corrected chi connectivity index (χ0v) is 16.9. The molecule has 1 unspecified atom stereocenters. The topological polar surface area (TPSA) is 69.0 Å². The Kier molecular flexibility index (Phi) is 7.08. The van der Waals surface area contributed by atoms with E-state index in [-0.39, 0.29) is 12.0 Å². The number of benzene rings is 2. The highest BCUT2D eigenvalue weighted by atomic mass is 32.2. The first-order valence-corrected chi connectivity index (χ1v) is 10.2. The van der Waals surface area contributed by atoms with Crippen molar-refractivity contribution < 1.29 is 9.53 Å². The van der Waals surface area contributed by atoms with Gasteiger partial charge in [-0.25, -0.2) is 0 Å². The highest BCUT2D eigenvalue weighted by Crippen LogP contribution is 2.23. The molecule has 28 heavy (non-hydrogen) atoms. The first-order valence-electron chi connectivity index (χ1n) is 9.18. The molecule has 146 valence electrons. The van der Waals surface area contributed by atoms with Crippen molar-refractivity contribution in [2.24, 2.45) is 7.05 Å². The number of aromatic nitrogens is 3. The Morgan fingerprint density at radius 2 is 1.79 bits per heavy atom. The average Bonchev–Trinajstić information content (AvgIpc) is 3.08. The number of nitrogens with one attached hydrogen (secondary N) is 1. The van der Waals surface area contributed by atoms with E-state index in [9.17, 15) is 4.79 Å². The fraction of sp³-hybridized carbons (Fsp3) is 0.286. The Labute approximate surface area is 169 Å². The van der Waals surface area contributed by atoms with Gasteiger partial charge in [-0.3, -0.25) is 4.79 Å². The van der Waals surface area contributed by atoms with Crippen molar-refractivity contribution in [2.75, 3.05) is 12.3 Å². The summed E-state index contributed by atoms with van der Waals surface area (Å²) < 4.78 is 7.77. The van der Waals surface area contributed by atoms with Crippen molar-refractivity contribution in [1.82, 2.24) is 20.1 Å². The van der Waals surface area contributed by atoms with E-state index in [4.69, 9.17) is 4.74 Å². The fourth-order valence-electron chi connectivity index (χ4n) is 2.73.